The molecule has 3 aromatic rings. The number of benzene rings is 2. The zero-order chi connectivity index (χ0) is 36.5. The number of nitrogens with zero attached hydrogens (tertiary/aromatic N) is 3. The highest BCUT2D eigenvalue weighted by Gasteiger charge is 2.38. The number of ether oxygens (including phenoxy) is 1. The average Bonchev–Trinajstić information content (AvgIpc) is 2.99. The number of nitrogens with two attached hydrogens (primary N) is 2. The highest BCUT2D eigenvalue weighted by molar-refractivity contribution is 6.02. The molecule has 4 rings (SSSR count). The van der Waals surface area contributed by atoms with Crippen molar-refractivity contribution in [2.75, 3.05) is 11.1 Å². The molecule has 2 amide bonds. The van der Waals surface area contributed by atoms with Crippen LogP contribution in [0.4, 0.5) is 29.5 Å². The number of aliphatic carboxylic acids is 1. The second-order valence-corrected chi connectivity index (χ2v) is 11.0. The molecule has 0 atom stereocenters. The molecule has 1 fully saturated rings. The third kappa shape index (κ3) is 11.1. The number of carbonyl (C=O) groups excluding carboxylic acids is 2. The van der Waals surface area contributed by atoms with Crippen LogP contribution in [0.5, 0.6) is 0 Å². The Balaban J connectivity index is 0.000000838. The Hall–Kier alpha value is -5.94. The van der Waals surface area contributed by atoms with Crippen molar-refractivity contribution in [1.29, 1.82) is 0 Å². The summed E-state index contributed by atoms with van der Waals surface area (Å²) in [5.41, 5.74) is 13.2. The van der Waals surface area contributed by atoms with Gasteiger partial charge in [-0.1, -0.05) is 24.3 Å². The molecule has 18 heteroatoms. The molecule has 0 bridgehead atoms. The third-order valence-electron chi connectivity index (χ3n) is 6.79. The van der Waals surface area contributed by atoms with Crippen LogP contribution >= 0.6 is 0 Å². The van der Waals surface area contributed by atoms with Gasteiger partial charge in [-0.15, -0.1) is 0 Å². The molecule has 0 unspecified atom stereocenters. The number of carboxylic acids is 2. The lowest BCUT2D eigenvalue weighted by Crippen LogP contribution is -2.35. The van der Waals surface area contributed by atoms with Gasteiger partial charge in [-0.2, -0.15) is 18.2 Å². The van der Waals surface area contributed by atoms with Gasteiger partial charge in [-0.05, 0) is 56.9 Å². The number of alkyl halides is 3. The van der Waals surface area contributed by atoms with Crippen molar-refractivity contribution in [3.8, 4) is 11.3 Å². The number of carbonyl (C=O) groups is 4. The van der Waals surface area contributed by atoms with Crippen LogP contribution in [0, 0.1) is 0 Å². The minimum Gasteiger partial charge on any atom is -0.478 e. The molecule has 8 N–H and O–H groups in total. The Kier molecular flexibility index (Phi) is 12.4. The van der Waals surface area contributed by atoms with Crippen molar-refractivity contribution in [1.82, 2.24) is 14.9 Å². The number of aliphatic imine (C=N–C) groups is 1. The summed E-state index contributed by atoms with van der Waals surface area (Å²) in [7, 11) is 0. The molecule has 0 saturated heterocycles. The summed E-state index contributed by atoms with van der Waals surface area (Å²) in [5.74, 6) is -4.33. The molecule has 0 aliphatic heterocycles. The number of hydrogen-bond donors (Lipinski definition) is 6. The van der Waals surface area contributed by atoms with Gasteiger partial charge in [0.15, 0.2) is 5.82 Å². The molecular formula is C31H34F3N7O8. The Labute approximate surface area is 276 Å². The van der Waals surface area contributed by atoms with Gasteiger partial charge < -0.3 is 37.1 Å². The minimum atomic E-state index is -5.08. The van der Waals surface area contributed by atoms with Gasteiger partial charge in [0.1, 0.15) is 18.5 Å². The van der Waals surface area contributed by atoms with Gasteiger partial charge in [-0.25, -0.2) is 19.4 Å². The Bertz CT molecular complexity index is 1790. The Morgan fingerprint density at radius 1 is 1.08 bits per heavy atom. The zero-order valence-corrected chi connectivity index (χ0v) is 26.3. The molecule has 15 nitrogen and oxygen atoms in total. The summed E-state index contributed by atoms with van der Waals surface area (Å²) in [6.07, 6.45) is -1.80. The molecule has 0 spiro atoms. The summed E-state index contributed by atoms with van der Waals surface area (Å²) >= 11 is 0. The lowest BCUT2D eigenvalue weighted by Gasteiger charge is -2.23. The van der Waals surface area contributed by atoms with Gasteiger partial charge in [-0.3, -0.25) is 14.2 Å². The van der Waals surface area contributed by atoms with E-state index in [1.54, 1.807) is 24.3 Å². The second-order valence-electron chi connectivity index (χ2n) is 11.0. The zero-order valence-electron chi connectivity index (χ0n) is 26.3. The van der Waals surface area contributed by atoms with Crippen LogP contribution in [0.25, 0.3) is 11.3 Å². The molecule has 1 aromatic heterocycles. The standard InChI is InChI=1S/C29H33N7O6.C2HF3O2/c1-16(2)34-26-27(38)36(23(14-33-26)19-10-20(28(39)40)12-21(30)11-19)15-24(37)32-13-17-6-8-18(9-7-17)25(31)35-29(41)42-22-4-3-5-22;3-2(4,5)1(6)7/h6-12,14,16,22H,3-5,13,15,30H2,1-2H3,(H,32,37)(H,33,34)(H,39,40)(H2,31,35,41);(H,6,7). The van der Waals surface area contributed by atoms with E-state index in [-0.39, 0.29) is 53.8 Å². The molecule has 262 valence electrons. The van der Waals surface area contributed by atoms with Crippen molar-refractivity contribution in [3.63, 3.8) is 0 Å². The number of amidine groups is 1. The number of halogens is 3. The number of nitrogen functional groups attached to an aromatic ring is 1. The topological polar surface area (TPSA) is 241 Å². The fraction of sp³-hybridized carbons (Fsp3) is 0.323. The number of hydrogen-bond acceptors (Lipinski definition) is 9. The molecular weight excluding hydrogens is 655 g/mol. The van der Waals surface area contributed by atoms with E-state index in [4.69, 9.17) is 26.1 Å². The Morgan fingerprint density at radius 3 is 2.24 bits per heavy atom. The maximum absolute atomic E-state index is 13.3. The lowest BCUT2D eigenvalue weighted by atomic mass is 9.96. The predicted molar refractivity (Wildman–Crippen MR) is 171 cm³/mol. The van der Waals surface area contributed by atoms with Crippen LogP contribution in [0.1, 0.15) is 54.6 Å². The first-order chi connectivity index (χ1) is 22.9. The van der Waals surface area contributed by atoms with E-state index in [1.165, 1.54) is 29.0 Å². The first-order valence-electron chi connectivity index (χ1n) is 14.7. The number of rotatable bonds is 10. The maximum atomic E-state index is 13.3. The van der Waals surface area contributed by atoms with E-state index >= 15 is 0 Å². The smallest absolute Gasteiger partial charge is 0.478 e. The summed E-state index contributed by atoms with van der Waals surface area (Å²) in [4.78, 5) is 66.7. The summed E-state index contributed by atoms with van der Waals surface area (Å²) < 4.78 is 38.1. The van der Waals surface area contributed by atoms with Gasteiger partial charge in [0, 0.05) is 29.4 Å². The molecule has 2 aromatic carbocycles. The van der Waals surface area contributed by atoms with Gasteiger partial charge in [0.25, 0.3) is 5.56 Å². The van der Waals surface area contributed by atoms with E-state index < -0.39 is 35.7 Å². The molecule has 1 heterocycles. The summed E-state index contributed by atoms with van der Waals surface area (Å²) in [5, 5.41) is 22.3. The van der Waals surface area contributed by atoms with Crippen LogP contribution in [0.15, 0.2) is 58.4 Å². The first-order valence-corrected chi connectivity index (χ1v) is 14.7. The number of anilines is 2. The van der Waals surface area contributed by atoms with Crippen molar-refractivity contribution in [3.05, 3.63) is 75.7 Å². The highest BCUT2D eigenvalue weighted by atomic mass is 19.4. The molecule has 1 aliphatic carbocycles. The largest absolute Gasteiger partial charge is 0.490 e. The van der Waals surface area contributed by atoms with Crippen molar-refractivity contribution < 1.29 is 47.3 Å². The van der Waals surface area contributed by atoms with E-state index in [1.807, 2.05) is 13.8 Å². The second kappa shape index (κ2) is 16.2. The van der Waals surface area contributed by atoms with Crippen LogP contribution in [-0.4, -0.2) is 67.9 Å². The van der Waals surface area contributed by atoms with E-state index in [0.717, 1.165) is 24.8 Å². The fourth-order valence-corrected chi connectivity index (χ4v) is 4.18. The number of carboxylic acid groups (broad SMARTS) is 2. The first kappa shape index (κ1) is 37.5. The molecule has 1 saturated carbocycles. The maximum Gasteiger partial charge on any atom is 0.490 e. The summed E-state index contributed by atoms with van der Waals surface area (Å²) in [6, 6.07) is 10.9. The number of nitrogens with one attached hydrogen (secondary N) is 2. The normalized spacial score (nSPS) is 13.1. The van der Waals surface area contributed by atoms with Gasteiger partial charge in [0.2, 0.25) is 5.91 Å². The summed E-state index contributed by atoms with van der Waals surface area (Å²) in [6.45, 7) is 3.47. The highest BCUT2D eigenvalue weighted by Crippen LogP contribution is 2.24. The van der Waals surface area contributed by atoms with Crippen molar-refractivity contribution in [2.24, 2.45) is 10.7 Å². The molecule has 49 heavy (non-hydrogen) atoms. The minimum absolute atomic E-state index is 0.0258. The third-order valence-corrected chi connectivity index (χ3v) is 6.79. The van der Waals surface area contributed by atoms with Crippen LogP contribution in [0.3, 0.4) is 0 Å². The number of aromatic nitrogens is 2. The van der Waals surface area contributed by atoms with Crippen molar-refractivity contribution >= 4 is 41.3 Å². The van der Waals surface area contributed by atoms with Gasteiger partial charge >= 0.3 is 24.2 Å². The predicted octanol–water partition coefficient (Wildman–Crippen LogP) is 3.36. The molecule has 0 radical (unpaired) electrons. The quantitative estimate of drug-likeness (QED) is 0.102. The average molecular weight is 690 g/mol. The SMILES string of the molecule is CC(C)Nc1ncc(-c2cc(N)cc(C(=O)O)c2)n(CC(=O)NCc2ccc(/C(N)=N/C(=O)OC3CCC3)cc2)c1=O.O=C(O)C(F)(F)F. The Morgan fingerprint density at radius 2 is 1.71 bits per heavy atom. The van der Waals surface area contributed by atoms with E-state index in [0.29, 0.717) is 11.1 Å². The van der Waals surface area contributed by atoms with Crippen molar-refractivity contribution in [2.45, 2.75) is 64.5 Å². The van der Waals surface area contributed by atoms with E-state index in [9.17, 15) is 37.5 Å². The monoisotopic (exact) mass is 689 g/mol. The lowest BCUT2D eigenvalue weighted by molar-refractivity contribution is -0.192. The van der Waals surface area contributed by atoms with Gasteiger partial charge in [0.05, 0.1) is 17.5 Å². The van der Waals surface area contributed by atoms with E-state index in [2.05, 4.69) is 20.6 Å². The van der Waals surface area contributed by atoms with Crippen LogP contribution < -0.4 is 27.7 Å². The fourth-order valence-electron chi connectivity index (χ4n) is 4.18. The van der Waals surface area contributed by atoms with Crippen LogP contribution in [-0.2, 0) is 27.4 Å². The number of amides is 2. The number of aromatic carboxylic acids is 1. The molecule has 1 aliphatic rings. The van der Waals surface area contributed by atoms with Crippen LogP contribution in [0.2, 0.25) is 0 Å².